The third-order valence-electron chi connectivity index (χ3n) is 4.08. The van der Waals surface area contributed by atoms with Crippen molar-refractivity contribution < 1.29 is 14.2 Å². The zero-order valence-electron chi connectivity index (χ0n) is 17.1. The van der Waals surface area contributed by atoms with Gasteiger partial charge in [0.25, 0.3) is 0 Å². The summed E-state index contributed by atoms with van der Waals surface area (Å²) in [6, 6.07) is 13.8. The van der Waals surface area contributed by atoms with Crippen LogP contribution in [0, 0.1) is 5.92 Å². The fraction of sp³-hybridized carbons (Fsp3) is 0.381. The summed E-state index contributed by atoms with van der Waals surface area (Å²) in [6.07, 6.45) is 0. The molecular weight excluding hydrogens is 374 g/mol. The molecule has 0 aliphatic carbocycles. The molecule has 0 saturated heterocycles. The highest BCUT2D eigenvalue weighted by molar-refractivity contribution is 7.99. The molecule has 2 aromatic carbocycles. The second kappa shape index (κ2) is 11.3. The Morgan fingerprint density at radius 2 is 1.71 bits per heavy atom. The number of rotatable bonds is 9. The first-order valence-electron chi connectivity index (χ1n) is 9.06. The number of methoxy groups -OCH3 is 3. The minimum Gasteiger partial charge on any atom is -0.496 e. The van der Waals surface area contributed by atoms with Gasteiger partial charge in [-0.15, -0.1) is 11.8 Å². The molecule has 0 heterocycles. The van der Waals surface area contributed by atoms with Gasteiger partial charge in [0.2, 0.25) is 0 Å². The topological polar surface area (TPSA) is 64.1 Å². The van der Waals surface area contributed by atoms with Crippen LogP contribution in [0.5, 0.6) is 17.2 Å². The summed E-state index contributed by atoms with van der Waals surface area (Å²) < 4.78 is 16.0. The SMILES string of the molecule is CN=C(NCC(C)CSc1ccccc1OC)Nc1ccc(OC)c(OC)c1. The monoisotopic (exact) mass is 403 g/mol. The molecule has 1 unspecified atom stereocenters. The zero-order chi connectivity index (χ0) is 20.4. The zero-order valence-corrected chi connectivity index (χ0v) is 17.9. The van der Waals surface area contributed by atoms with Crippen molar-refractivity contribution in [2.24, 2.45) is 10.9 Å². The van der Waals surface area contributed by atoms with Gasteiger partial charge >= 0.3 is 0 Å². The third kappa shape index (κ3) is 6.27. The van der Waals surface area contributed by atoms with E-state index in [-0.39, 0.29) is 0 Å². The largest absolute Gasteiger partial charge is 0.496 e. The van der Waals surface area contributed by atoms with Crippen molar-refractivity contribution in [3.63, 3.8) is 0 Å². The Balaban J connectivity index is 1.86. The highest BCUT2D eigenvalue weighted by Gasteiger charge is 2.09. The molecule has 0 amide bonds. The van der Waals surface area contributed by atoms with E-state index in [1.54, 1.807) is 40.1 Å². The lowest BCUT2D eigenvalue weighted by Crippen LogP contribution is -2.34. The van der Waals surface area contributed by atoms with Gasteiger partial charge in [-0.2, -0.15) is 0 Å². The summed E-state index contributed by atoms with van der Waals surface area (Å²) >= 11 is 1.80. The Hall–Kier alpha value is -2.54. The van der Waals surface area contributed by atoms with E-state index in [4.69, 9.17) is 14.2 Å². The highest BCUT2D eigenvalue weighted by atomic mass is 32.2. The molecule has 0 fully saturated rings. The van der Waals surface area contributed by atoms with E-state index in [0.717, 1.165) is 28.6 Å². The molecule has 0 radical (unpaired) electrons. The number of nitrogens with zero attached hydrogens (tertiary/aromatic N) is 1. The van der Waals surface area contributed by atoms with Crippen molar-refractivity contribution in [1.29, 1.82) is 0 Å². The molecule has 0 aliphatic heterocycles. The predicted molar refractivity (Wildman–Crippen MR) is 117 cm³/mol. The van der Waals surface area contributed by atoms with E-state index in [9.17, 15) is 0 Å². The van der Waals surface area contributed by atoms with Crippen LogP contribution >= 0.6 is 11.8 Å². The molecule has 1 atom stereocenters. The summed E-state index contributed by atoms with van der Waals surface area (Å²) in [6.45, 7) is 3.01. The number of benzene rings is 2. The molecule has 2 N–H and O–H groups in total. The molecule has 7 heteroatoms. The van der Waals surface area contributed by atoms with Crippen LogP contribution < -0.4 is 24.8 Å². The van der Waals surface area contributed by atoms with Gasteiger partial charge in [0.1, 0.15) is 5.75 Å². The van der Waals surface area contributed by atoms with E-state index in [1.807, 2.05) is 36.4 Å². The van der Waals surface area contributed by atoms with Gasteiger partial charge in [-0.25, -0.2) is 0 Å². The quantitative estimate of drug-likeness (QED) is 0.373. The van der Waals surface area contributed by atoms with Crippen molar-refractivity contribution in [1.82, 2.24) is 5.32 Å². The molecule has 6 nitrogen and oxygen atoms in total. The van der Waals surface area contributed by atoms with Crippen LogP contribution in [0.4, 0.5) is 5.69 Å². The number of aliphatic imine (C=N–C) groups is 1. The molecule has 2 aromatic rings. The fourth-order valence-electron chi connectivity index (χ4n) is 2.53. The Morgan fingerprint density at radius 3 is 2.39 bits per heavy atom. The maximum atomic E-state index is 5.41. The summed E-state index contributed by atoms with van der Waals surface area (Å²) in [7, 11) is 6.70. The molecule has 0 aromatic heterocycles. The van der Waals surface area contributed by atoms with Crippen molar-refractivity contribution in [3.05, 3.63) is 42.5 Å². The summed E-state index contributed by atoms with van der Waals surface area (Å²) in [5, 5.41) is 6.65. The van der Waals surface area contributed by atoms with E-state index < -0.39 is 0 Å². The molecule has 0 bridgehead atoms. The minimum atomic E-state index is 0.443. The molecular formula is C21H29N3O3S. The van der Waals surface area contributed by atoms with E-state index in [1.165, 1.54) is 0 Å². The predicted octanol–water partition coefficient (Wildman–Crippen LogP) is 4.13. The maximum Gasteiger partial charge on any atom is 0.195 e. The van der Waals surface area contributed by atoms with Crippen LogP contribution in [0.3, 0.4) is 0 Å². The summed E-state index contributed by atoms with van der Waals surface area (Å²) in [5.41, 5.74) is 0.877. The number of nitrogens with one attached hydrogen (secondary N) is 2. The molecule has 2 rings (SSSR count). The number of anilines is 1. The molecule has 0 spiro atoms. The van der Waals surface area contributed by atoms with E-state index in [2.05, 4.69) is 28.6 Å². The molecule has 0 saturated carbocycles. The fourth-order valence-corrected chi connectivity index (χ4v) is 3.58. The smallest absolute Gasteiger partial charge is 0.195 e. The van der Waals surface area contributed by atoms with Gasteiger partial charge in [0, 0.05) is 36.0 Å². The lowest BCUT2D eigenvalue weighted by Gasteiger charge is -2.17. The number of ether oxygens (including phenoxy) is 3. The number of guanidine groups is 1. The second-order valence-electron chi connectivity index (χ2n) is 6.21. The minimum absolute atomic E-state index is 0.443. The van der Waals surface area contributed by atoms with Gasteiger partial charge in [-0.3, -0.25) is 4.99 Å². The Kier molecular flexibility index (Phi) is 8.81. The first-order valence-corrected chi connectivity index (χ1v) is 10.0. The number of para-hydroxylation sites is 1. The number of thioether (sulfide) groups is 1. The lowest BCUT2D eigenvalue weighted by atomic mass is 10.2. The number of hydrogen-bond acceptors (Lipinski definition) is 5. The average molecular weight is 404 g/mol. The molecule has 0 aliphatic rings. The van der Waals surface area contributed by atoms with E-state index >= 15 is 0 Å². The summed E-state index contributed by atoms with van der Waals surface area (Å²) in [4.78, 5) is 5.45. The van der Waals surface area contributed by atoms with Crippen molar-refractivity contribution in [2.75, 3.05) is 46.0 Å². The van der Waals surface area contributed by atoms with Crippen LogP contribution in [0.2, 0.25) is 0 Å². The molecule has 28 heavy (non-hydrogen) atoms. The maximum absolute atomic E-state index is 5.41. The van der Waals surface area contributed by atoms with Crippen LogP contribution in [-0.4, -0.2) is 46.6 Å². The van der Waals surface area contributed by atoms with Crippen LogP contribution in [0.25, 0.3) is 0 Å². The van der Waals surface area contributed by atoms with E-state index in [0.29, 0.717) is 23.4 Å². The van der Waals surface area contributed by atoms with Gasteiger partial charge < -0.3 is 24.8 Å². The Labute approximate surface area is 171 Å². The molecule has 152 valence electrons. The van der Waals surface area contributed by atoms with Gasteiger partial charge in [0.05, 0.1) is 21.3 Å². The standard InChI is InChI=1S/C21H29N3O3S/c1-15(14-28-20-9-7-6-8-18(20)26-4)13-23-21(22-2)24-16-10-11-17(25-3)19(12-16)27-5/h6-12,15H,13-14H2,1-5H3,(H2,22,23,24). The van der Waals surface area contributed by atoms with Gasteiger partial charge in [0.15, 0.2) is 17.5 Å². The second-order valence-corrected chi connectivity index (χ2v) is 7.28. The highest BCUT2D eigenvalue weighted by Crippen LogP contribution is 2.30. The lowest BCUT2D eigenvalue weighted by molar-refractivity contribution is 0.355. The number of hydrogen-bond donors (Lipinski definition) is 2. The Bertz CT molecular complexity index is 783. The van der Waals surface area contributed by atoms with Crippen molar-refractivity contribution in [2.45, 2.75) is 11.8 Å². The van der Waals surface area contributed by atoms with Crippen LogP contribution in [-0.2, 0) is 0 Å². The first-order chi connectivity index (χ1) is 13.6. The van der Waals surface area contributed by atoms with Gasteiger partial charge in [-0.1, -0.05) is 19.1 Å². The third-order valence-corrected chi connectivity index (χ3v) is 5.46. The normalized spacial score (nSPS) is 12.2. The van der Waals surface area contributed by atoms with Gasteiger partial charge in [-0.05, 0) is 30.2 Å². The van der Waals surface area contributed by atoms with Crippen molar-refractivity contribution in [3.8, 4) is 17.2 Å². The van der Waals surface area contributed by atoms with Crippen LogP contribution in [0.1, 0.15) is 6.92 Å². The summed E-state index contributed by atoms with van der Waals surface area (Å²) in [5.74, 6) is 4.40. The first kappa shape index (κ1) is 21.8. The average Bonchev–Trinajstić information content (AvgIpc) is 2.74. The Morgan fingerprint density at radius 1 is 1.00 bits per heavy atom. The van der Waals surface area contributed by atoms with Crippen LogP contribution in [0.15, 0.2) is 52.4 Å². The van der Waals surface area contributed by atoms with Crippen molar-refractivity contribution >= 4 is 23.4 Å².